The highest BCUT2D eigenvalue weighted by Crippen LogP contribution is 2.45. The van der Waals surface area contributed by atoms with E-state index in [1.165, 1.54) is 37.4 Å². The minimum absolute atomic E-state index is 0.651. The first-order valence-corrected chi connectivity index (χ1v) is 5.50. The van der Waals surface area contributed by atoms with E-state index in [0.29, 0.717) is 5.41 Å². The van der Waals surface area contributed by atoms with E-state index in [4.69, 9.17) is 4.74 Å². The molecule has 0 radical (unpaired) electrons. The second kappa shape index (κ2) is 4.46. The zero-order valence-electron chi connectivity index (χ0n) is 7.24. The Morgan fingerprint density at radius 1 is 1.45 bits per heavy atom. The Morgan fingerprint density at radius 2 is 2.18 bits per heavy atom. The molecule has 0 heterocycles. The van der Waals surface area contributed by atoms with Crippen molar-refractivity contribution in [3.05, 3.63) is 0 Å². The van der Waals surface area contributed by atoms with Crippen LogP contribution in [0.5, 0.6) is 0 Å². The molecule has 11 heavy (non-hydrogen) atoms. The molecule has 0 amide bonds. The second-order valence-corrected chi connectivity index (χ2v) is 4.14. The lowest BCUT2D eigenvalue weighted by molar-refractivity contribution is 0.121. The maximum atomic E-state index is 5.04. The SMILES string of the molecule is COCCCC1(CBr)CCC1. The largest absolute Gasteiger partial charge is 0.385 e. The zero-order valence-corrected chi connectivity index (χ0v) is 8.82. The highest BCUT2D eigenvalue weighted by atomic mass is 79.9. The fourth-order valence-corrected chi connectivity index (χ4v) is 2.56. The lowest BCUT2D eigenvalue weighted by atomic mass is 9.68. The van der Waals surface area contributed by atoms with Gasteiger partial charge in [-0.1, -0.05) is 22.4 Å². The van der Waals surface area contributed by atoms with Crippen LogP contribution in [0.2, 0.25) is 0 Å². The van der Waals surface area contributed by atoms with Crippen LogP contribution >= 0.6 is 15.9 Å². The first-order valence-electron chi connectivity index (χ1n) is 4.38. The standard InChI is InChI=1S/C9H17BrO/c1-11-7-3-6-9(8-10)4-2-5-9/h2-8H2,1H3. The molecular weight excluding hydrogens is 204 g/mol. The third-order valence-corrected chi connectivity index (χ3v) is 3.94. The predicted molar refractivity (Wildman–Crippen MR) is 51.2 cm³/mol. The fourth-order valence-electron chi connectivity index (χ4n) is 1.72. The lowest BCUT2D eigenvalue weighted by Crippen LogP contribution is -2.31. The van der Waals surface area contributed by atoms with Crippen LogP contribution in [0, 0.1) is 5.41 Å². The molecule has 0 N–H and O–H groups in total. The molecule has 0 bridgehead atoms. The van der Waals surface area contributed by atoms with E-state index in [-0.39, 0.29) is 0 Å². The predicted octanol–water partition coefficient (Wildman–Crippen LogP) is 2.98. The normalized spacial score (nSPS) is 21.3. The summed E-state index contributed by atoms with van der Waals surface area (Å²) in [5.41, 5.74) is 0.651. The van der Waals surface area contributed by atoms with Crippen LogP contribution in [-0.4, -0.2) is 19.0 Å². The van der Waals surface area contributed by atoms with Crippen LogP contribution in [0.4, 0.5) is 0 Å². The minimum Gasteiger partial charge on any atom is -0.385 e. The molecule has 1 saturated carbocycles. The molecular formula is C9H17BrO. The first kappa shape index (κ1) is 9.53. The Kier molecular flexibility index (Phi) is 3.86. The number of ether oxygens (including phenoxy) is 1. The molecule has 66 valence electrons. The van der Waals surface area contributed by atoms with Gasteiger partial charge < -0.3 is 4.74 Å². The maximum absolute atomic E-state index is 5.04. The average molecular weight is 221 g/mol. The Hall–Kier alpha value is 0.440. The molecule has 0 aliphatic heterocycles. The lowest BCUT2D eigenvalue weighted by Gasteiger charge is -2.40. The number of rotatable bonds is 5. The molecule has 1 fully saturated rings. The van der Waals surface area contributed by atoms with Crippen molar-refractivity contribution in [2.75, 3.05) is 19.0 Å². The number of alkyl halides is 1. The van der Waals surface area contributed by atoms with Gasteiger partial charge in [-0.15, -0.1) is 0 Å². The molecule has 0 spiro atoms. The van der Waals surface area contributed by atoms with E-state index < -0.39 is 0 Å². The number of hydrogen-bond acceptors (Lipinski definition) is 1. The summed E-state index contributed by atoms with van der Waals surface area (Å²) in [6.45, 7) is 0.925. The van der Waals surface area contributed by atoms with Crippen molar-refractivity contribution in [1.29, 1.82) is 0 Å². The third kappa shape index (κ3) is 2.45. The molecule has 0 saturated heterocycles. The van der Waals surface area contributed by atoms with E-state index in [0.717, 1.165) is 6.61 Å². The molecule has 2 heteroatoms. The van der Waals surface area contributed by atoms with E-state index in [9.17, 15) is 0 Å². The van der Waals surface area contributed by atoms with Crippen LogP contribution in [0.1, 0.15) is 32.1 Å². The molecule has 0 aromatic heterocycles. The Labute approximate surface area is 77.6 Å². The zero-order chi connectivity index (χ0) is 8.16. The summed E-state index contributed by atoms with van der Waals surface area (Å²) < 4.78 is 5.04. The van der Waals surface area contributed by atoms with Gasteiger partial charge in [0.1, 0.15) is 0 Å². The summed E-state index contributed by atoms with van der Waals surface area (Å²) >= 11 is 3.59. The van der Waals surface area contributed by atoms with Gasteiger partial charge in [0.2, 0.25) is 0 Å². The van der Waals surface area contributed by atoms with Gasteiger partial charge in [0, 0.05) is 19.0 Å². The van der Waals surface area contributed by atoms with E-state index >= 15 is 0 Å². The molecule has 1 aliphatic rings. The summed E-state index contributed by atoms with van der Waals surface area (Å²) in [5, 5.41) is 1.18. The van der Waals surface area contributed by atoms with Gasteiger partial charge in [-0.2, -0.15) is 0 Å². The molecule has 1 rings (SSSR count). The summed E-state index contributed by atoms with van der Waals surface area (Å²) in [7, 11) is 1.78. The van der Waals surface area contributed by atoms with Crippen LogP contribution < -0.4 is 0 Å². The summed E-state index contributed by atoms with van der Waals surface area (Å²) in [6.07, 6.45) is 6.83. The number of halogens is 1. The maximum Gasteiger partial charge on any atom is 0.0462 e. The van der Waals surface area contributed by atoms with Gasteiger partial charge in [-0.3, -0.25) is 0 Å². The second-order valence-electron chi connectivity index (χ2n) is 3.58. The minimum atomic E-state index is 0.651. The van der Waals surface area contributed by atoms with Crippen molar-refractivity contribution in [2.45, 2.75) is 32.1 Å². The van der Waals surface area contributed by atoms with Gasteiger partial charge in [0.25, 0.3) is 0 Å². The van der Waals surface area contributed by atoms with Crippen LogP contribution in [-0.2, 0) is 4.74 Å². The summed E-state index contributed by atoms with van der Waals surface area (Å²) in [5.74, 6) is 0. The summed E-state index contributed by atoms with van der Waals surface area (Å²) in [6, 6.07) is 0. The van der Waals surface area contributed by atoms with Gasteiger partial charge in [0.15, 0.2) is 0 Å². The van der Waals surface area contributed by atoms with Crippen molar-refractivity contribution >= 4 is 15.9 Å². The highest BCUT2D eigenvalue weighted by Gasteiger charge is 2.34. The molecule has 0 atom stereocenters. The fraction of sp³-hybridized carbons (Fsp3) is 1.00. The van der Waals surface area contributed by atoms with Crippen molar-refractivity contribution in [3.8, 4) is 0 Å². The summed E-state index contributed by atoms with van der Waals surface area (Å²) in [4.78, 5) is 0. The smallest absolute Gasteiger partial charge is 0.0462 e. The Balaban J connectivity index is 2.11. The van der Waals surface area contributed by atoms with Gasteiger partial charge in [0.05, 0.1) is 0 Å². The Bertz CT molecular complexity index is 105. The third-order valence-electron chi connectivity index (χ3n) is 2.75. The number of methoxy groups -OCH3 is 1. The van der Waals surface area contributed by atoms with Crippen molar-refractivity contribution < 1.29 is 4.74 Å². The molecule has 0 aromatic carbocycles. The van der Waals surface area contributed by atoms with E-state index in [1.54, 1.807) is 7.11 Å². The first-order chi connectivity index (χ1) is 5.33. The molecule has 1 aliphatic carbocycles. The quantitative estimate of drug-likeness (QED) is 0.512. The van der Waals surface area contributed by atoms with Gasteiger partial charge in [-0.05, 0) is 31.1 Å². The highest BCUT2D eigenvalue weighted by molar-refractivity contribution is 9.09. The van der Waals surface area contributed by atoms with Crippen molar-refractivity contribution in [3.63, 3.8) is 0 Å². The average Bonchev–Trinajstić information content (AvgIpc) is 1.95. The van der Waals surface area contributed by atoms with Gasteiger partial charge >= 0.3 is 0 Å². The molecule has 1 nitrogen and oxygen atoms in total. The van der Waals surface area contributed by atoms with E-state index in [2.05, 4.69) is 15.9 Å². The number of hydrogen-bond donors (Lipinski definition) is 0. The molecule has 0 unspecified atom stereocenters. The van der Waals surface area contributed by atoms with Crippen LogP contribution in [0.15, 0.2) is 0 Å². The monoisotopic (exact) mass is 220 g/mol. The van der Waals surface area contributed by atoms with Crippen molar-refractivity contribution in [2.24, 2.45) is 5.41 Å². The Morgan fingerprint density at radius 3 is 2.55 bits per heavy atom. The topological polar surface area (TPSA) is 9.23 Å². The van der Waals surface area contributed by atoms with E-state index in [1.807, 2.05) is 0 Å². The van der Waals surface area contributed by atoms with Crippen molar-refractivity contribution in [1.82, 2.24) is 0 Å². The van der Waals surface area contributed by atoms with Gasteiger partial charge in [-0.25, -0.2) is 0 Å². The van der Waals surface area contributed by atoms with Crippen LogP contribution in [0.3, 0.4) is 0 Å². The molecule has 0 aromatic rings. The van der Waals surface area contributed by atoms with Crippen LogP contribution in [0.25, 0.3) is 0 Å².